The monoisotopic (exact) mass is 217 g/mol. The van der Waals surface area contributed by atoms with Crippen molar-refractivity contribution in [2.75, 3.05) is 19.7 Å². The van der Waals surface area contributed by atoms with Crippen LogP contribution in [0.2, 0.25) is 0 Å². The van der Waals surface area contributed by atoms with Crippen molar-refractivity contribution in [1.82, 2.24) is 5.32 Å². The molecule has 0 fully saturated rings. The summed E-state index contributed by atoms with van der Waals surface area (Å²) in [5.41, 5.74) is 2.91. The summed E-state index contributed by atoms with van der Waals surface area (Å²) in [7, 11) is 0. The van der Waals surface area contributed by atoms with E-state index in [4.69, 9.17) is 4.74 Å². The van der Waals surface area contributed by atoms with Gasteiger partial charge < -0.3 is 10.1 Å². The molecule has 0 saturated carbocycles. The van der Waals surface area contributed by atoms with Crippen LogP contribution in [-0.2, 0) is 9.53 Å². The minimum atomic E-state index is -0.202. The topological polar surface area (TPSA) is 38.3 Å². The fourth-order valence-electron chi connectivity index (χ4n) is 1.86. The molecule has 1 aromatic rings. The lowest BCUT2D eigenvalue weighted by molar-refractivity contribution is -0.138. The quantitative estimate of drug-likeness (QED) is 0.782. The molecule has 16 heavy (non-hydrogen) atoms. The van der Waals surface area contributed by atoms with Crippen molar-refractivity contribution in [1.29, 1.82) is 0 Å². The fraction of sp³-hybridized carbons (Fsp3) is 0.308. The zero-order valence-electron chi connectivity index (χ0n) is 9.32. The van der Waals surface area contributed by atoms with Gasteiger partial charge in [-0.1, -0.05) is 30.3 Å². The zero-order valence-corrected chi connectivity index (χ0v) is 9.32. The third-order valence-corrected chi connectivity index (χ3v) is 2.61. The van der Waals surface area contributed by atoms with Crippen molar-refractivity contribution < 1.29 is 9.53 Å². The van der Waals surface area contributed by atoms with Crippen molar-refractivity contribution in [3.8, 4) is 0 Å². The predicted molar refractivity (Wildman–Crippen MR) is 62.9 cm³/mol. The average molecular weight is 217 g/mol. The zero-order chi connectivity index (χ0) is 11.4. The third kappa shape index (κ3) is 2.14. The number of ether oxygens (including phenoxy) is 1. The molecule has 0 aliphatic carbocycles. The van der Waals surface area contributed by atoms with Gasteiger partial charge in [0.1, 0.15) is 0 Å². The molecule has 1 aromatic carbocycles. The number of carbonyl (C=O) groups is 1. The molecule has 1 aliphatic heterocycles. The Morgan fingerprint density at radius 1 is 1.31 bits per heavy atom. The minimum Gasteiger partial charge on any atom is -0.463 e. The Balaban J connectivity index is 2.30. The predicted octanol–water partition coefficient (Wildman–Crippen LogP) is 1.61. The second-order valence-electron chi connectivity index (χ2n) is 3.65. The summed E-state index contributed by atoms with van der Waals surface area (Å²) in [5.74, 6) is -0.202. The fourth-order valence-corrected chi connectivity index (χ4v) is 1.86. The van der Waals surface area contributed by atoms with E-state index >= 15 is 0 Å². The number of benzene rings is 1. The Hall–Kier alpha value is -1.61. The van der Waals surface area contributed by atoms with Crippen LogP contribution in [0.5, 0.6) is 0 Å². The van der Waals surface area contributed by atoms with Gasteiger partial charge in [-0.15, -0.1) is 0 Å². The number of hydrogen-bond acceptors (Lipinski definition) is 3. The van der Waals surface area contributed by atoms with Gasteiger partial charge in [0.05, 0.1) is 12.2 Å². The first-order valence-electron chi connectivity index (χ1n) is 5.48. The highest BCUT2D eigenvalue weighted by Crippen LogP contribution is 2.22. The lowest BCUT2D eigenvalue weighted by atomic mass is 10.0. The van der Waals surface area contributed by atoms with Crippen molar-refractivity contribution in [2.24, 2.45) is 0 Å². The van der Waals surface area contributed by atoms with Crippen molar-refractivity contribution in [2.45, 2.75) is 6.92 Å². The van der Waals surface area contributed by atoms with Gasteiger partial charge in [-0.05, 0) is 18.1 Å². The van der Waals surface area contributed by atoms with E-state index in [1.807, 2.05) is 37.3 Å². The summed E-state index contributed by atoms with van der Waals surface area (Å²) in [6.07, 6.45) is 0. The van der Waals surface area contributed by atoms with Crippen LogP contribution in [0, 0.1) is 0 Å². The van der Waals surface area contributed by atoms with Gasteiger partial charge in [-0.3, -0.25) is 0 Å². The Bertz CT molecular complexity index is 409. The van der Waals surface area contributed by atoms with E-state index in [2.05, 4.69) is 5.32 Å². The highest BCUT2D eigenvalue weighted by atomic mass is 16.5. The van der Waals surface area contributed by atoms with Crippen molar-refractivity contribution in [3.05, 3.63) is 41.5 Å². The molecular formula is C13H15NO2. The Kier molecular flexibility index (Phi) is 3.37. The molecule has 0 saturated heterocycles. The average Bonchev–Trinajstić information content (AvgIpc) is 2.79. The molecule has 3 heteroatoms. The minimum absolute atomic E-state index is 0.202. The largest absolute Gasteiger partial charge is 0.463 e. The molecule has 0 amide bonds. The van der Waals surface area contributed by atoms with Crippen LogP contribution >= 0.6 is 0 Å². The van der Waals surface area contributed by atoms with E-state index in [0.717, 1.165) is 23.3 Å². The summed E-state index contributed by atoms with van der Waals surface area (Å²) in [6.45, 7) is 3.58. The van der Waals surface area contributed by atoms with Crippen LogP contribution in [0.4, 0.5) is 0 Å². The van der Waals surface area contributed by atoms with E-state index in [1.165, 1.54) is 0 Å². The van der Waals surface area contributed by atoms with Crippen LogP contribution in [0.25, 0.3) is 5.57 Å². The first-order valence-corrected chi connectivity index (χ1v) is 5.48. The smallest absolute Gasteiger partial charge is 0.335 e. The highest BCUT2D eigenvalue weighted by molar-refractivity contribution is 5.99. The number of carbonyl (C=O) groups excluding carboxylic acids is 1. The number of rotatable bonds is 3. The second-order valence-corrected chi connectivity index (χ2v) is 3.65. The summed E-state index contributed by atoms with van der Waals surface area (Å²) in [6, 6.07) is 9.95. The van der Waals surface area contributed by atoms with Crippen molar-refractivity contribution in [3.63, 3.8) is 0 Å². The molecule has 0 radical (unpaired) electrons. The first kappa shape index (κ1) is 10.9. The highest BCUT2D eigenvalue weighted by Gasteiger charge is 2.22. The number of nitrogens with one attached hydrogen (secondary N) is 1. The standard InChI is InChI=1S/C13H15NO2/c1-2-16-13(15)12-9-14-8-11(12)10-6-4-3-5-7-10/h3-7,14H,2,8-9H2,1H3. The second kappa shape index (κ2) is 4.94. The Labute approximate surface area is 95.1 Å². The maximum Gasteiger partial charge on any atom is 0.335 e. The molecule has 0 atom stereocenters. The van der Waals surface area contributed by atoms with E-state index in [0.29, 0.717) is 13.2 Å². The van der Waals surface area contributed by atoms with E-state index in [9.17, 15) is 4.79 Å². The number of esters is 1. The third-order valence-electron chi connectivity index (χ3n) is 2.61. The molecule has 1 aliphatic rings. The van der Waals surface area contributed by atoms with Gasteiger partial charge >= 0.3 is 5.97 Å². The van der Waals surface area contributed by atoms with Crippen LogP contribution in [0.15, 0.2) is 35.9 Å². The number of hydrogen-bond donors (Lipinski definition) is 1. The van der Waals surface area contributed by atoms with E-state index in [1.54, 1.807) is 0 Å². The maximum absolute atomic E-state index is 11.7. The van der Waals surface area contributed by atoms with Crippen LogP contribution in [0.3, 0.4) is 0 Å². The van der Waals surface area contributed by atoms with Crippen LogP contribution < -0.4 is 5.32 Å². The summed E-state index contributed by atoms with van der Waals surface area (Å²) in [5, 5.41) is 3.19. The maximum atomic E-state index is 11.7. The van der Waals surface area contributed by atoms with Gasteiger partial charge in [0.2, 0.25) is 0 Å². The molecule has 1 N–H and O–H groups in total. The Morgan fingerprint density at radius 3 is 2.75 bits per heavy atom. The lowest BCUT2D eigenvalue weighted by Crippen LogP contribution is -2.14. The van der Waals surface area contributed by atoms with Gasteiger partial charge in [-0.25, -0.2) is 4.79 Å². The molecule has 2 rings (SSSR count). The Morgan fingerprint density at radius 2 is 2.06 bits per heavy atom. The summed E-state index contributed by atoms with van der Waals surface area (Å²) in [4.78, 5) is 11.7. The normalized spacial score (nSPS) is 15.3. The summed E-state index contributed by atoms with van der Waals surface area (Å²) < 4.78 is 5.04. The van der Waals surface area contributed by atoms with Gasteiger partial charge in [0.15, 0.2) is 0 Å². The molecule has 3 nitrogen and oxygen atoms in total. The van der Waals surface area contributed by atoms with Gasteiger partial charge in [0, 0.05) is 13.1 Å². The molecule has 0 unspecified atom stereocenters. The molecular weight excluding hydrogens is 202 g/mol. The SMILES string of the molecule is CCOC(=O)C1=C(c2ccccc2)CNC1. The molecule has 0 aromatic heterocycles. The van der Waals surface area contributed by atoms with Crippen molar-refractivity contribution >= 4 is 11.5 Å². The van der Waals surface area contributed by atoms with E-state index < -0.39 is 0 Å². The molecule has 0 spiro atoms. The molecule has 1 heterocycles. The molecule has 84 valence electrons. The van der Waals surface area contributed by atoms with Crippen LogP contribution in [-0.4, -0.2) is 25.7 Å². The molecule has 0 bridgehead atoms. The van der Waals surface area contributed by atoms with Gasteiger partial charge in [0.25, 0.3) is 0 Å². The first-order chi connectivity index (χ1) is 7.83. The van der Waals surface area contributed by atoms with Crippen LogP contribution in [0.1, 0.15) is 12.5 Å². The van der Waals surface area contributed by atoms with Gasteiger partial charge in [-0.2, -0.15) is 0 Å². The van der Waals surface area contributed by atoms with E-state index in [-0.39, 0.29) is 5.97 Å². The summed E-state index contributed by atoms with van der Waals surface area (Å²) >= 11 is 0. The lowest BCUT2D eigenvalue weighted by Gasteiger charge is -2.06.